The van der Waals surface area contributed by atoms with E-state index in [0.29, 0.717) is 0 Å². The molecule has 5 heterocycles. The smallest absolute Gasteiger partial charge is 0.0568 e. The van der Waals surface area contributed by atoms with Gasteiger partial charge in [0.25, 0.3) is 0 Å². The van der Waals surface area contributed by atoms with Crippen LogP contribution < -0.4 is 0 Å². The SMILES string of the molecule is CCCCCCC1(CCCCCC)C2=[Si]C=C(c3ccc(-c4cccs4)s3)C=C2c2ccc(-c3ccc(-c4cccs4)s3)cc21. The molecular formula is C40H41S4Si. The number of hydrogen-bond acceptors (Lipinski definition) is 4. The van der Waals surface area contributed by atoms with Crippen LogP contribution in [0.1, 0.15) is 94.1 Å². The molecule has 45 heavy (non-hydrogen) atoms. The Labute approximate surface area is 287 Å². The third-order valence-electron chi connectivity index (χ3n) is 9.47. The minimum atomic E-state index is 0.157. The van der Waals surface area contributed by atoms with Gasteiger partial charge in [0.1, 0.15) is 0 Å². The van der Waals surface area contributed by atoms with Gasteiger partial charge in [0.05, 0.1) is 9.13 Å². The summed E-state index contributed by atoms with van der Waals surface area (Å²) in [4.78, 5) is 8.30. The zero-order valence-electron chi connectivity index (χ0n) is 26.4. The van der Waals surface area contributed by atoms with Crippen molar-refractivity contribution in [3.8, 4) is 29.9 Å². The van der Waals surface area contributed by atoms with E-state index < -0.39 is 0 Å². The predicted octanol–water partition coefficient (Wildman–Crippen LogP) is 13.4. The zero-order chi connectivity index (χ0) is 30.6. The summed E-state index contributed by atoms with van der Waals surface area (Å²) in [7, 11) is 0.747. The molecule has 0 unspecified atom stereocenters. The largest absolute Gasteiger partial charge is 0.143 e. The van der Waals surface area contributed by atoms with E-state index in [1.165, 1.54) is 116 Å². The zero-order valence-corrected chi connectivity index (χ0v) is 30.6. The molecule has 0 nitrogen and oxygen atoms in total. The topological polar surface area (TPSA) is 0 Å². The van der Waals surface area contributed by atoms with Crippen LogP contribution in [0.15, 0.2) is 89.3 Å². The summed E-state index contributed by atoms with van der Waals surface area (Å²) in [5.74, 6) is 0. The van der Waals surface area contributed by atoms with Crippen molar-refractivity contribution in [2.24, 2.45) is 0 Å². The highest BCUT2D eigenvalue weighted by atomic mass is 32.1. The first-order chi connectivity index (χ1) is 22.2. The molecule has 4 aromatic heterocycles. The maximum Gasteiger partial charge on any atom is 0.0568 e. The van der Waals surface area contributed by atoms with Crippen molar-refractivity contribution in [3.05, 3.63) is 105 Å². The number of hydrogen-bond donors (Lipinski definition) is 0. The standard InChI is InChI=1S/C40H41S4Si/c1-3-5-7-9-21-40(22-10-8-6-4-2)32-26-28(33-17-19-37(43-33)35-13-11-23-41-35)15-16-30(32)31-25-29(27-45-39(31)40)34-18-20-38(44-34)36-14-12-24-42-36/h11-20,23-27H,3-10,21-22H2,1-2H3. The highest BCUT2D eigenvalue weighted by molar-refractivity contribution is 7.23. The van der Waals surface area contributed by atoms with Crippen molar-refractivity contribution in [1.82, 2.24) is 0 Å². The lowest BCUT2D eigenvalue weighted by Gasteiger charge is -2.34. The Morgan fingerprint density at radius 2 is 1.24 bits per heavy atom. The highest BCUT2D eigenvalue weighted by Gasteiger charge is 2.45. The molecule has 1 aromatic carbocycles. The lowest BCUT2D eigenvalue weighted by Crippen LogP contribution is -2.34. The van der Waals surface area contributed by atoms with Crippen LogP contribution in [-0.2, 0) is 5.41 Å². The Hall–Kier alpha value is -2.41. The Balaban J connectivity index is 1.31. The molecule has 1 aliphatic heterocycles. The minimum absolute atomic E-state index is 0.157. The van der Waals surface area contributed by atoms with Gasteiger partial charge in [0, 0.05) is 34.7 Å². The summed E-state index contributed by atoms with van der Waals surface area (Å²) >= 11 is 7.57. The fraction of sp³-hybridized carbons (Fsp3) is 0.325. The second kappa shape index (κ2) is 14.1. The van der Waals surface area contributed by atoms with Gasteiger partial charge in [0.15, 0.2) is 0 Å². The van der Waals surface area contributed by atoms with Gasteiger partial charge in [0.2, 0.25) is 0 Å². The summed E-state index contributed by atoms with van der Waals surface area (Å²) in [6.45, 7) is 4.67. The first kappa shape index (κ1) is 31.2. The Morgan fingerprint density at radius 3 is 1.87 bits per heavy atom. The van der Waals surface area contributed by atoms with Crippen LogP contribution in [-0.4, -0.2) is 14.3 Å². The van der Waals surface area contributed by atoms with Crippen LogP contribution in [0.25, 0.3) is 41.1 Å². The van der Waals surface area contributed by atoms with Gasteiger partial charge in [-0.2, -0.15) is 0 Å². The first-order valence-electron chi connectivity index (χ1n) is 16.7. The molecule has 0 N–H and O–H groups in total. The van der Waals surface area contributed by atoms with Gasteiger partial charge in [-0.3, -0.25) is 0 Å². The monoisotopic (exact) mass is 677 g/mol. The van der Waals surface area contributed by atoms with Crippen molar-refractivity contribution in [2.45, 2.75) is 83.5 Å². The van der Waals surface area contributed by atoms with E-state index in [0.717, 1.165) is 9.13 Å². The van der Waals surface area contributed by atoms with Gasteiger partial charge in [-0.25, -0.2) is 0 Å². The molecule has 7 rings (SSSR count). The van der Waals surface area contributed by atoms with E-state index in [9.17, 15) is 0 Å². The third-order valence-corrected chi connectivity index (χ3v) is 15.4. The average molecular weight is 678 g/mol. The first-order valence-corrected chi connectivity index (χ1v) is 21.2. The van der Waals surface area contributed by atoms with Gasteiger partial charge < -0.3 is 0 Å². The summed E-state index contributed by atoms with van der Waals surface area (Å²) < 4.78 is 0. The predicted molar refractivity (Wildman–Crippen MR) is 207 cm³/mol. The molecule has 0 bridgehead atoms. The van der Waals surface area contributed by atoms with E-state index >= 15 is 0 Å². The van der Waals surface area contributed by atoms with Crippen molar-refractivity contribution >= 4 is 70.8 Å². The molecule has 0 amide bonds. The second-order valence-electron chi connectivity index (χ2n) is 12.4. The van der Waals surface area contributed by atoms with Crippen LogP contribution >= 0.6 is 45.3 Å². The summed E-state index contributed by atoms with van der Waals surface area (Å²) in [6, 6.07) is 25.7. The third kappa shape index (κ3) is 6.32. The summed E-state index contributed by atoms with van der Waals surface area (Å²) in [5.41, 5.74) is 10.2. The van der Waals surface area contributed by atoms with Crippen molar-refractivity contribution < 1.29 is 0 Å². The molecule has 5 heteroatoms. The summed E-state index contributed by atoms with van der Waals surface area (Å²) in [5, 5.41) is 6.10. The maximum absolute atomic E-state index is 2.62. The molecule has 2 aliphatic rings. The maximum atomic E-state index is 2.62. The molecule has 0 atom stereocenters. The van der Waals surface area contributed by atoms with Crippen molar-refractivity contribution in [1.29, 1.82) is 0 Å². The number of benzene rings is 1. The molecule has 1 radical (unpaired) electrons. The molecule has 5 aromatic rings. The number of allylic oxidation sites excluding steroid dienone is 3. The number of rotatable bonds is 14. The molecule has 0 saturated heterocycles. The van der Waals surface area contributed by atoms with Crippen molar-refractivity contribution in [2.75, 3.05) is 0 Å². The van der Waals surface area contributed by atoms with E-state index in [1.807, 2.05) is 45.3 Å². The fourth-order valence-corrected chi connectivity index (χ4v) is 12.5. The number of fused-ring (bicyclic) bond motifs is 3. The normalized spacial score (nSPS) is 15.0. The van der Waals surface area contributed by atoms with E-state index in [1.54, 1.807) is 10.7 Å². The van der Waals surface area contributed by atoms with Crippen molar-refractivity contribution in [3.63, 3.8) is 0 Å². The van der Waals surface area contributed by atoms with Crippen LogP contribution in [0.2, 0.25) is 0 Å². The lowest BCUT2D eigenvalue weighted by atomic mass is 9.72. The molecule has 0 fully saturated rings. The van der Waals surface area contributed by atoms with Crippen LogP contribution in [0.5, 0.6) is 0 Å². The molecule has 1 aliphatic carbocycles. The van der Waals surface area contributed by atoms with E-state index in [2.05, 4.69) is 103 Å². The number of unbranched alkanes of at least 4 members (excludes halogenated alkanes) is 6. The minimum Gasteiger partial charge on any atom is -0.143 e. The molecule has 0 saturated carbocycles. The van der Waals surface area contributed by atoms with E-state index in [-0.39, 0.29) is 5.41 Å². The van der Waals surface area contributed by atoms with E-state index in [4.69, 9.17) is 0 Å². The lowest BCUT2D eigenvalue weighted by molar-refractivity contribution is 0.440. The molecule has 229 valence electrons. The van der Waals surface area contributed by atoms with Crippen LogP contribution in [0, 0.1) is 0 Å². The average Bonchev–Trinajstić information content (AvgIpc) is 3.91. The second-order valence-corrected chi connectivity index (χ2v) is 17.6. The summed E-state index contributed by atoms with van der Waals surface area (Å²) in [6.07, 6.45) is 15.7. The Kier molecular flexibility index (Phi) is 9.81. The molecule has 0 spiro atoms. The Morgan fingerprint density at radius 1 is 0.622 bits per heavy atom. The molecular weight excluding hydrogens is 637 g/mol. The Bertz CT molecular complexity index is 1810. The van der Waals surface area contributed by atoms with Crippen LogP contribution in [0.4, 0.5) is 0 Å². The van der Waals surface area contributed by atoms with Gasteiger partial charge >= 0.3 is 0 Å². The fourth-order valence-electron chi connectivity index (χ4n) is 7.15. The van der Waals surface area contributed by atoms with Gasteiger partial charge in [-0.1, -0.05) is 95.2 Å². The quantitative estimate of drug-likeness (QED) is 0.0810. The van der Waals surface area contributed by atoms with Gasteiger partial charge in [-0.15, -0.1) is 45.3 Å². The van der Waals surface area contributed by atoms with Gasteiger partial charge in [-0.05, 0) is 105 Å². The highest BCUT2D eigenvalue weighted by Crippen LogP contribution is 2.52. The van der Waals surface area contributed by atoms with Crippen LogP contribution in [0.3, 0.4) is 0 Å². The number of thiophene rings is 4.